The third kappa shape index (κ3) is 1.98. The normalized spacial score (nSPS) is 43.7. The molecule has 1 aromatic rings. The van der Waals surface area contributed by atoms with Crippen LogP contribution in [0.2, 0.25) is 0 Å². The summed E-state index contributed by atoms with van der Waals surface area (Å²) in [5.41, 5.74) is 1.90. The van der Waals surface area contributed by atoms with Crippen molar-refractivity contribution in [3.8, 4) is 11.5 Å². The number of ether oxygens (including phenoxy) is 1. The molecule has 1 aromatic carbocycles. The van der Waals surface area contributed by atoms with E-state index in [0.717, 1.165) is 31.2 Å². The molecule has 4 rings (SSSR count). The van der Waals surface area contributed by atoms with Gasteiger partial charge in [0.15, 0.2) is 11.5 Å². The van der Waals surface area contributed by atoms with Gasteiger partial charge in [0.1, 0.15) is 6.10 Å². The maximum atomic E-state index is 10.6. The number of benzene rings is 1. The standard InChI is InChI=1S/C19H26O5/c1-19-6-5-10-11(15(19)16(21)17(22)18(19)23)4-3-9-7-13(20)14(24-2)8-12(9)10/h7-8,10-11,15-18,20-23H,3-6H2,1-2H3/t10-,11+,15+,16-,17+,18-,19-/m0/s1. The Morgan fingerprint density at radius 3 is 2.58 bits per heavy atom. The molecule has 0 unspecified atom stereocenters. The summed E-state index contributed by atoms with van der Waals surface area (Å²) in [5, 5.41) is 41.3. The molecule has 0 aromatic heterocycles. The highest BCUT2D eigenvalue weighted by atomic mass is 16.5. The van der Waals surface area contributed by atoms with Crippen LogP contribution in [0.1, 0.15) is 43.2 Å². The number of methoxy groups -OCH3 is 1. The topological polar surface area (TPSA) is 90.2 Å². The Morgan fingerprint density at radius 2 is 1.88 bits per heavy atom. The maximum Gasteiger partial charge on any atom is 0.160 e. The van der Waals surface area contributed by atoms with Crippen LogP contribution in [0.4, 0.5) is 0 Å². The van der Waals surface area contributed by atoms with Crippen molar-refractivity contribution in [1.29, 1.82) is 0 Å². The summed E-state index contributed by atoms with van der Waals surface area (Å²) in [6.07, 6.45) is 0.619. The van der Waals surface area contributed by atoms with E-state index in [1.54, 1.807) is 13.2 Å². The van der Waals surface area contributed by atoms with Gasteiger partial charge in [0.25, 0.3) is 0 Å². The number of aliphatic hydroxyl groups is 3. The van der Waals surface area contributed by atoms with Gasteiger partial charge in [-0.15, -0.1) is 0 Å². The molecule has 0 heterocycles. The fourth-order valence-corrected chi connectivity index (χ4v) is 5.81. The van der Waals surface area contributed by atoms with Crippen molar-refractivity contribution >= 4 is 0 Å². The Morgan fingerprint density at radius 1 is 1.12 bits per heavy atom. The molecule has 24 heavy (non-hydrogen) atoms. The second-order valence-corrected chi connectivity index (χ2v) is 8.03. The average molecular weight is 334 g/mol. The molecule has 3 aliphatic rings. The van der Waals surface area contributed by atoms with Crippen LogP contribution in [0.3, 0.4) is 0 Å². The van der Waals surface area contributed by atoms with Crippen LogP contribution in [0.25, 0.3) is 0 Å². The van der Waals surface area contributed by atoms with E-state index in [9.17, 15) is 20.4 Å². The Balaban J connectivity index is 1.75. The van der Waals surface area contributed by atoms with E-state index < -0.39 is 23.7 Å². The van der Waals surface area contributed by atoms with Crippen LogP contribution in [0.15, 0.2) is 12.1 Å². The largest absolute Gasteiger partial charge is 0.504 e. The molecule has 0 saturated heterocycles. The molecule has 0 spiro atoms. The van der Waals surface area contributed by atoms with Gasteiger partial charge in [0, 0.05) is 5.41 Å². The summed E-state index contributed by atoms with van der Waals surface area (Å²) in [6, 6.07) is 3.73. The molecule has 0 radical (unpaired) electrons. The fraction of sp³-hybridized carbons (Fsp3) is 0.684. The Bertz CT molecular complexity index is 659. The zero-order valence-electron chi connectivity index (χ0n) is 14.1. The fourth-order valence-electron chi connectivity index (χ4n) is 5.81. The number of aryl methyl sites for hydroxylation is 1. The first kappa shape index (κ1) is 16.2. The molecule has 0 aliphatic heterocycles. The van der Waals surface area contributed by atoms with Gasteiger partial charge in [-0.2, -0.15) is 0 Å². The minimum absolute atomic E-state index is 0.103. The Labute approximate surface area is 141 Å². The molecule has 0 bridgehead atoms. The van der Waals surface area contributed by atoms with Gasteiger partial charge in [0.2, 0.25) is 0 Å². The molecule has 0 amide bonds. The number of hydrogen-bond acceptors (Lipinski definition) is 5. The number of aromatic hydroxyl groups is 1. The van der Waals surface area contributed by atoms with E-state index in [2.05, 4.69) is 0 Å². The zero-order chi connectivity index (χ0) is 17.2. The summed E-state index contributed by atoms with van der Waals surface area (Å²) in [6.45, 7) is 2.00. The third-order valence-corrected chi connectivity index (χ3v) is 7.04. The van der Waals surface area contributed by atoms with Gasteiger partial charge < -0.3 is 25.2 Å². The van der Waals surface area contributed by atoms with Gasteiger partial charge in [-0.3, -0.25) is 0 Å². The van der Waals surface area contributed by atoms with E-state index in [1.165, 1.54) is 5.56 Å². The predicted octanol–water partition coefficient (Wildman–Crippen LogP) is 1.56. The van der Waals surface area contributed by atoms with Crippen LogP contribution in [-0.4, -0.2) is 45.8 Å². The lowest BCUT2D eigenvalue weighted by atomic mass is 9.55. The van der Waals surface area contributed by atoms with E-state index >= 15 is 0 Å². The first-order valence-electron chi connectivity index (χ1n) is 8.82. The minimum Gasteiger partial charge on any atom is -0.504 e. The summed E-state index contributed by atoms with van der Waals surface area (Å²) in [5.74, 6) is 1.05. The number of rotatable bonds is 1. The van der Waals surface area contributed by atoms with Crippen molar-refractivity contribution in [3.63, 3.8) is 0 Å². The van der Waals surface area contributed by atoms with E-state index in [0.29, 0.717) is 5.75 Å². The molecule has 2 fully saturated rings. The van der Waals surface area contributed by atoms with Gasteiger partial charge >= 0.3 is 0 Å². The van der Waals surface area contributed by atoms with Gasteiger partial charge in [-0.1, -0.05) is 6.92 Å². The van der Waals surface area contributed by atoms with Gasteiger partial charge in [0.05, 0.1) is 19.3 Å². The predicted molar refractivity (Wildman–Crippen MR) is 88.1 cm³/mol. The summed E-state index contributed by atoms with van der Waals surface area (Å²) >= 11 is 0. The summed E-state index contributed by atoms with van der Waals surface area (Å²) in [4.78, 5) is 0. The quantitative estimate of drug-likeness (QED) is 0.626. The number of fused-ring (bicyclic) bond motifs is 5. The van der Waals surface area contributed by atoms with Crippen molar-refractivity contribution < 1.29 is 25.2 Å². The van der Waals surface area contributed by atoms with Crippen molar-refractivity contribution in [1.82, 2.24) is 0 Å². The van der Waals surface area contributed by atoms with Crippen LogP contribution >= 0.6 is 0 Å². The molecule has 3 aliphatic carbocycles. The summed E-state index contributed by atoms with van der Waals surface area (Å²) in [7, 11) is 1.55. The number of hydrogen-bond donors (Lipinski definition) is 4. The molecule has 5 nitrogen and oxygen atoms in total. The van der Waals surface area contributed by atoms with Crippen molar-refractivity contribution in [2.75, 3.05) is 7.11 Å². The van der Waals surface area contributed by atoms with Crippen molar-refractivity contribution in [3.05, 3.63) is 23.3 Å². The van der Waals surface area contributed by atoms with Gasteiger partial charge in [-0.25, -0.2) is 0 Å². The van der Waals surface area contributed by atoms with Crippen LogP contribution in [0.5, 0.6) is 11.5 Å². The Hall–Kier alpha value is -1.30. The first-order chi connectivity index (χ1) is 11.4. The molecule has 132 valence electrons. The molecular weight excluding hydrogens is 308 g/mol. The van der Waals surface area contributed by atoms with Crippen LogP contribution in [0, 0.1) is 17.3 Å². The van der Waals surface area contributed by atoms with Crippen molar-refractivity contribution in [2.24, 2.45) is 17.3 Å². The third-order valence-electron chi connectivity index (χ3n) is 7.04. The lowest BCUT2D eigenvalue weighted by Gasteiger charge is -2.50. The average Bonchev–Trinajstić information content (AvgIpc) is 2.75. The van der Waals surface area contributed by atoms with Crippen LogP contribution in [-0.2, 0) is 6.42 Å². The lowest BCUT2D eigenvalue weighted by molar-refractivity contribution is -0.0505. The lowest BCUT2D eigenvalue weighted by Crippen LogP contribution is -2.46. The van der Waals surface area contributed by atoms with Crippen molar-refractivity contribution in [2.45, 2.75) is 56.8 Å². The summed E-state index contributed by atoms with van der Waals surface area (Å²) < 4.78 is 5.27. The second-order valence-electron chi connectivity index (χ2n) is 8.03. The first-order valence-corrected chi connectivity index (χ1v) is 8.82. The highest BCUT2D eigenvalue weighted by Crippen LogP contribution is 2.61. The molecular formula is C19H26O5. The number of phenols is 1. The molecule has 4 N–H and O–H groups in total. The van der Waals surface area contributed by atoms with E-state index in [1.807, 2.05) is 13.0 Å². The molecule has 2 saturated carbocycles. The number of phenolic OH excluding ortho intramolecular Hbond substituents is 1. The molecule has 7 atom stereocenters. The monoisotopic (exact) mass is 334 g/mol. The van der Waals surface area contributed by atoms with Gasteiger partial charge in [-0.05, 0) is 66.7 Å². The minimum atomic E-state index is -1.06. The van der Waals surface area contributed by atoms with E-state index in [-0.39, 0.29) is 23.5 Å². The smallest absolute Gasteiger partial charge is 0.160 e. The number of aliphatic hydroxyl groups excluding tert-OH is 3. The molecule has 5 heteroatoms. The van der Waals surface area contributed by atoms with Crippen LogP contribution < -0.4 is 4.74 Å². The maximum absolute atomic E-state index is 10.6. The highest BCUT2D eigenvalue weighted by Gasteiger charge is 2.62. The van der Waals surface area contributed by atoms with E-state index in [4.69, 9.17) is 4.74 Å². The highest BCUT2D eigenvalue weighted by molar-refractivity contribution is 5.49. The SMILES string of the molecule is COc1cc2c(cc1O)CC[C@H]1[C@@H]3[C@H](O)[C@@H](O)[C@H](O)[C@@]3(C)CC[C@H]21. The Kier molecular flexibility index (Phi) is 3.61. The zero-order valence-corrected chi connectivity index (χ0v) is 14.1. The second kappa shape index (κ2) is 5.35.